The smallest absolute Gasteiger partial charge is 0.0858 e. The number of aromatic nitrogens is 3. The van der Waals surface area contributed by atoms with Crippen LogP contribution in [-0.4, -0.2) is 21.0 Å². The lowest BCUT2D eigenvalue weighted by atomic mass is 10.1. The molecule has 1 aliphatic rings. The topological polar surface area (TPSA) is 56.7 Å². The average Bonchev–Trinajstić information content (AvgIpc) is 2.58. The van der Waals surface area contributed by atoms with Gasteiger partial charge < -0.3 is 5.73 Å². The van der Waals surface area contributed by atoms with Crippen LogP contribution in [0.1, 0.15) is 30.9 Å². The van der Waals surface area contributed by atoms with E-state index in [1.54, 1.807) is 4.68 Å². The first-order valence-electron chi connectivity index (χ1n) is 4.37. The Hall–Kier alpha value is -0.900. The maximum absolute atomic E-state index is 5.81. The molecule has 66 valence electrons. The highest BCUT2D eigenvalue weighted by Crippen LogP contribution is 2.31. The number of rotatable bonds is 1. The Morgan fingerprint density at radius 2 is 2.42 bits per heavy atom. The van der Waals surface area contributed by atoms with Gasteiger partial charge in [-0.3, -0.25) is 4.68 Å². The molecule has 0 saturated heterocycles. The zero-order valence-corrected chi connectivity index (χ0v) is 7.27. The van der Waals surface area contributed by atoms with E-state index in [4.69, 9.17) is 5.73 Å². The Morgan fingerprint density at radius 1 is 1.58 bits per heavy atom. The number of hydrogen-bond acceptors (Lipinski definition) is 3. The molecule has 2 rings (SSSR count). The van der Waals surface area contributed by atoms with Crippen LogP contribution in [0.15, 0.2) is 6.20 Å². The number of aryl methyl sites for hydroxylation is 1. The summed E-state index contributed by atoms with van der Waals surface area (Å²) in [5.74, 6) is 0.550. The van der Waals surface area contributed by atoms with Gasteiger partial charge in [-0.05, 0) is 19.3 Å². The van der Waals surface area contributed by atoms with E-state index < -0.39 is 0 Å². The summed E-state index contributed by atoms with van der Waals surface area (Å²) in [6, 6.07) is 0.372. The molecule has 1 aromatic heterocycles. The van der Waals surface area contributed by atoms with E-state index in [0.29, 0.717) is 12.0 Å². The molecule has 1 heterocycles. The highest BCUT2D eigenvalue weighted by atomic mass is 15.4. The predicted molar refractivity (Wildman–Crippen MR) is 45.6 cm³/mol. The Kier molecular flexibility index (Phi) is 1.84. The van der Waals surface area contributed by atoms with Crippen molar-refractivity contribution in [3.05, 3.63) is 11.9 Å². The molecule has 1 saturated carbocycles. The molecule has 0 aliphatic heterocycles. The van der Waals surface area contributed by atoms with Crippen LogP contribution in [0.2, 0.25) is 0 Å². The molecular weight excluding hydrogens is 152 g/mol. The second-order valence-electron chi connectivity index (χ2n) is 3.59. The highest BCUT2D eigenvalue weighted by Gasteiger charge is 2.24. The van der Waals surface area contributed by atoms with Crippen molar-refractivity contribution < 1.29 is 0 Å². The zero-order chi connectivity index (χ0) is 8.55. The molecule has 0 bridgehead atoms. The first kappa shape index (κ1) is 7.73. The van der Waals surface area contributed by atoms with Crippen LogP contribution in [0.5, 0.6) is 0 Å². The molecule has 2 unspecified atom stereocenters. The fourth-order valence-electron chi connectivity index (χ4n) is 1.84. The molecule has 2 N–H and O–H groups in total. The van der Waals surface area contributed by atoms with Crippen molar-refractivity contribution >= 4 is 0 Å². The summed E-state index contributed by atoms with van der Waals surface area (Å²) in [5.41, 5.74) is 6.92. The molecule has 2 atom stereocenters. The summed E-state index contributed by atoms with van der Waals surface area (Å²) in [7, 11) is 1.89. The molecular formula is C8H14N4. The van der Waals surface area contributed by atoms with Crippen molar-refractivity contribution in [2.24, 2.45) is 12.8 Å². The van der Waals surface area contributed by atoms with Crippen LogP contribution < -0.4 is 5.73 Å². The molecule has 0 amide bonds. The normalized spacial score (nSPS) is 29.5. The van der Waals surface area contributed by atoms with Gasteiger partial charge in [-0.1, -0.05) is 5.21 Å². The molecule has 4 heteroatoms. The summed E-state index contributed by atoms with van der Waals surface area (Å²) < 4.78 is 1.75. The summed E-state index contributed by atoms with van der Waals surface area (Å²) >= 11 is 0. The van der Waals surface area contributed by atoms with E-state index in [9.17, 15) is 0 Å². The second kappa shape index (κ2) is 2.86. The number of nitrogens with zero attached hydrogens (tertiary/aromatic N) is 3. The van der Waals surface area contributed by atoms with Gasteiger partial charge in [-0.25, -0.2) is 0 Å². The molecule has 1 aliphatic carbocycles. The van der Waals surface area contributed by atoms with Crippen molar-refractivity contribution in [3.8, 4) is 0 Å². The van der Waals surface area contributed by atoms with Gasteiger partial charge in [-0.15, -0.1) is 5.10 Å². The maximum Gasteiger partial charge on any atom is 0.0858 e. The Labute approximate surface area is 71.8 Å². The van der Waals surface area contributed by atoms with Crippen molar-refractivity contribution in [2.45, 2.75) is 31.2 Å². The van der Waals surface area contributed by atoms with Gasteiger partial charge in [0.05, 0.1) is 5.69 Å². The summed E-state index contributed by atoms with van der Waals surface area (Å²) in [6.07, 6.45) is 5.35. The highest BCUT2D eigenvalue weighted by molar-refractivity contribution is 5.05. The van der Waals surface area contributed by atoms with Crippen LogP contribution in [-0.2, 0) is 7.05 Å². The van der Waals surface area contributed by atoms with Crippen molar-refractivity contribution in [1.29, 1.82) is 0 Å². The summed E-state index contributed by atoms with van der Waals surface area (Å²) in [4.78, 5) is 0. The van der Waals surface area contributed by atoms with Crippen molar-refractivity contribution in [1.82, 2.24) is 15.0 Å². The van der Waals surface area contributed by atoms with E-state index in [1.807, 2.05) is 13.2 Å². The van der Waals surface area contributed by atoms with E-state index in [0.717, 1.165) is 18.5 Å². The largest absolute Gasteiger partial charge is 0.328 e. The van der Waals surface area contributed by atoms with Crippen LogP contribution >= 0.6 is 0 Å². The van der Waals surface area contributed by atoms with Gasteiger partial charge in [-0.2, -0.15) is 0 Å². The minimum atomic E-state index is 0.372. The van der Waals surface area contributed by atoms with Crippen molar-refractivity contribution in [2.75, 3.05) is 0 Å². The quantitative estimate of drug-likeness (QED) is 0.657. The predicted octanol–water partition coefficient (Wildman–Crippen LogP) is 0.410. The van der Waals surface area contributed by atoms with Gasteiger partial charge in [0.1, 0.15) is 0 Å². The van der Waals surface area contributed by atoms with E-state index in [-0.39, 0.29) is 0 Å². The van der Waals surface area contributed by atoms with Crippen LogP contribution in [0.4, 0.5) is 0 Å². The van der Waals surface area contributed by atoms with Crippen molar-refractivity contribution in [3.63, 3.8) is 0 Å². The van der Waals surface area contributed by atoms with Crippen LogP contribution in [0.3, 0.4) is 0 Å². The van der Waals surface area contributed by atoms with Crippen LogP contribution in [0.25, 0.3) is 0 Å². The molecule has 12 heavy (non-hydrogen) atoms. The fraction of sp³-hybridized carbons (Fsp3) is 0.750. The Bertz CT molecular complexity index is 268. The fourth-order valence-corrected chi connectivity index (χ4v) is 1.84. The first-order valence-corrected chi connectivity index (χ1v) is 4.37. The Balaban J connectivity index is 2.11. The van der Waals surface area contributed by atoms with E-state index >= 15 is 0 Å². The minimum absolute atomic E-state index is 0.372. The monoisotopic (exact) mass is 166 g/mol. The third-order valence-electron chi connectivity index (χ3n) is 2.51. The summed E-state index contributed by atoms with van der Waals surface area (Å²) in [5, 5.41) is 8.00. The first-order chi connectivity index (χ1) is 5.75. The molecule has 0 radical (unpaired) electrons. The van der Waals surface area contributed by atoms with Gasteiger partial charge >= 0.3 is 0 Å². The third kappa shape index (κ3) is 1.34. The van der Waals surface area contributed by atoms with Gasteiger partial charge in [0.25, 0.3) is 0 Å². The van der Waals surface area contributed by atoms with Crippen LogP contribution in [0, 0.1) is 0 Å². The Morgan fingerprint density at radius 3 is 2.92 bits per heavy atom. The molecule has 4 nitrogen and oxygen atoms in total. The lowest BCUT2D eigenvalue weighted by Gasteiger charge is -2.02. The number of hydrogen-bond donors (Lipinski definition) is 1. The lowest BCUT2D eigenvalue weighted by Crippen LogP contribution is -2.14. The molecule has 1 fully saturated rings. The van der Waals surface area contributed by atoms with E-state index in [2.05, 4.69) is 10.3 Å². The van der Waals surface area contributed by atoms with Gasteiger partial charge in [0, 0.05) is 25.2 Å². The zero-order valence-electron chi connectivity index (χ0n) is 7.27. The lowest BCUT2D eigenvalue weighted by molar-refractivity contribution is 0.657. The second-order valence-corrected chi connectivity index (χ2v) is 3.59. The molecule has 1 aromatic rings. The average molecular weight is 166 g/mol. The maximum atomic E-state index is 5.81. The number of nitrogens with two attached hydrogens (primary N) is 1. The summed E-state index contributed by atoms with van der Waals surface area (Å²) in [6.45, 7) is 0. The van der Waals surface area contributed by atoms with Gasteiger partial charge in [0.15, 0.2) is 0 Å². The third-order valence-corrected chi connectivity index (χ3v) is 2.51. The van der Waals surface area contributed by atoms with Gasteiger partial charge in [0.2, 0.25) is 0 Å². The SMILES string of the molecule is Cn1cc(C2CCC(N)C2)nn1. The minimum Gasteiger partial charge on any atom is -0.328 e. The molecule has 0 spiro atoms. The molecule has 0 aromatic carbocycles. The standard InChI is InChI=1S/C8H14N4/c1-12-5-8(10-11-12)6-2-3-7(9)4-6/h5-7H,2-4,9H2,1H3. The van der Waals surface area contributed by atoms with E-state index in [1.165, 1.54) is 6.42 Å².